The molecule has 0 spiro atoms. The van der Waals surface area contributed by atoms with Crippen LogP contribution >= 0.6 is 0 Å². The molecule has 0 bridgehead atoms. The lowest BCUT2D eigenvalue weighted by Gasteiger charge is -2.35. The van der Waals surface area contributed by atoms with Crippen LogP contribution in [0.15, 0.2) is 18.2 Å². The largest absolute Gasteiger partial charge is 0.486 e. The third-order valence-electron chi connectivity index (χ3n) is 3.85. The molecular weight excluding hydrogens is 268 g/mol. The minimum atomic E-state index is -0.752. The fraction of sp³-hybridized carbons (Fsp3) is 0.562. The van der Waals surface area contributed by atoms with Crippen molar-refractivity contribution >= 4 is 11.6 Å². The lowest BCUT2D eigenvalue weighted by molar-refractivity contribution is -0.118. The van der Waals surface area contributed by atoms with Gasteiger partial charge in [0.15, 0.2) is 0 Å². The first-order valence-electron chi connectivity index (χ1n) is 7.52. The molecule has 0 aliphatic carbocycles. The summed E-state index contributed by atoms with van der Waals surface area (Å²) in [5, 5.41) is 10.1. The van der Waals surface area contributed by atoms with Crippen LogP contribution in [0.25, 0.3) is 0 Å². The molecule has 3 N–H and O–H groups in total. The van der Waals surface area contributed by atoms with Gasteiger partial charge in [-0.3, -0.25) is 4.79 Å². The smallest absolute Gasteiger partial charge is 0.226 e. The molecule has 21 heavy (non-hydrogen) atoms. The molecule has 2 rings (SSSR count). The van der Waals surface area contributed by atoms with Crippen LogP contribution in [0.3, 0.4) is 0 Å². The van der Waals surface area contributed by atoms with E-state index in [1.165, 1.54) is 0 Å². The number of amides is 1. The van der Waals surface area contributed by atoms with Crippen LogP contribution in [0.1, 0.15) is 45.3 Å². The molecule has 3 unspecified atom stereocenters. The number of nitrogens with two attached hydrogens (primary N) is 1. The van der Waals surface area contributed by atoms with E-state index in [1.54, 1.807) is 17.9 Å². The van der Waals surface area contributed by atoms with E-state index in [4.69, 9.17) is 10.5 Å². The fourth-order valence-electron chi connectivity index (χ4n) is 2.49. The minimum absolute atomic E-state index is 0.0113. The number of carbonyl (C=O) groups is 1. The quantitative estimate of drug-likeness (QED) is 0.889. The van der Waals surface area contributed by atoms with Crippen molar-refractivity contribution in [2.75, 3.05) is 11.4 Å². The van der Waals surface area contributed by atoms with Crippen LogP contribution in [0, 0.1) is 0 Å². The maximum absolute atomic E-state index is 12.2. The van der Waals surface area contributed by atoms with Crippen LogP contribution in [0.4, 0.5) is 5.69 Å². The highest BCUT2D eigenvalue weighted by atomic mass is 16.5. The maximum Gasteiger partial charge on any atom is 0.226 e. The van der Waals surface area contributed by atoms with Gasteiger partial charge in [-0.05, 0) is 31.0 Å². The van der Waals surface area contributed by atoms with E-state index < -0.39 is 6.10 Å². The Labute approximate surface area is 125 Å². The van der Waals surface area contributed by atoms with Crippen molar-refractivity contribution < 1.29 is 14.6 Å². The van der Waals surface area contributed by atoms with Gasteiger partial charge in [0.25, 0.3) is 0 Å². The van der Waals surface area contributed by atoms with Gasteiger partial charge in [0.2, 0.25) is 5.91 Å². The summed E-state index contributed by atoms with van der Waals surface area (Å²) < 4.78 is 5.89. The zero-order valence-corrected chi connectivity index (χ0v) is 12.9. The van der Waals surface area contributed by atoms with Crippen molar-refractivity contribution in [2.45, 2.75) is 51.9 Å². The van der Waals surface area contributed by atoms with Gasteiger partial charge in [0.05, 0.1) is 18.3 Å². The number of fused-ring (bicyclic) bond motifs is 1. The van der Waals surface area contributed by atoms with Gasteiger partial charge in [-0.2, -0.15) is 0 Å². The summed E-state index contributed by atoms with van der Waals surface area (Å²) in [6.45, 7) is 6.19. The standard InChI is InChI=1S/C16H24N2O3/c1-4-12-9-18(15(19)5-2)13-8-11(16(20)10(3)17)6-7-14(13)21-12/h6-8,10,12,16,20H,4-5,9,17H2,1-3H3. The van der Waals surface area contributed by atoms with Gasteiger partial charge in [-0.1, -0.05) is 19.9 Å². The number of rotatable bonds is 4. The number of anilines is 1. The van der Waals surface area contributed by atoms with Crippen molar-refractivity contribution in [3.8, 4) is 5.75 Å². The Morgan fingerprint density at radius 1 is 1.52 bits per heavy atom. The molecule has 0 aromatic heterocycles. The first-order valence-corrected chi connectivity index (χ1v) is 7.52. The average Bonchev–Trinajstić information content (AvgIpc) is 2.51. The SMILES string of the molecule is CCC(=O)N1CC(CC)Oc2ccc(C(O)C(C)N)cc21. The van der Waals surface area contributed by atoms with Gasteiger partial charge in [0.1, 0.15) is 11.9 Å². The van der Waals surface area contributed by atoms with Gasteiger partial charge < -0.3 is 20.5 Å². The minimum Gasteiger partial charge on any atom is -0.486 e. The van der Waals surface area contributed by atoms with Crippen LogP contribution in [0.2, 0.25) is 0 Å². The summed E-state index contributed by atoms with van der Waals surface area (Å²) in [7, 11) is 0. The number of nitrogens with zero attached hydrogens (tertiary/aromatic N) is 1. The molecule has 1 aromatic carbocycles. The summed E-state index contributed by atoms with van der Waals surface area (Å²) in [5.74, 6) is 0.751. The Balaban J connectivity index is 2.41. The van der Waals surface area contributed by atoms with E-state index >= 15 is 0 Å². The fourth-order valence-corrected chi connectivity index (χ4v) is 2.49. The molecule has 3 atom stereocenters. The van der Waals surface area contributed by atoms with E-state index in [2.05, 4.69) is 0 Å². The summed E-state index contributed by atoms with van der Waals surface area (Å²) in [5.41, 5.74) is 7.18. The Kier molecular flexibility index (Phi) is 4.85. The zero-order chi connectivity index (χ0) is 15.6. The average molecular weight is 292 g/mol. The lowest BCUT2D eigenvalue weighted by atomic mass is 10.0. The highest BCUT2D eigenvalue weighted by Gasteiger charge is 2.29. The molecule has 0 fully saturated rings. The van der Waals surface area contributed by atoms with Gasteiger partial charge >= 0.3 is 0 Å². The molecule has 116 valence electrons. The Hall–Kier alpha value is -1.59. The number of aliphatic hydroxyl groups excluding tert-OH is 1. The predicted octanol–water partition coefficient (Wildman–Crippen LogP) is 1.98. The van der Waals surface area contributed by atoms with Gasteiger partial charge in [-0.15, -0.1) is 0 Å². The molecule has 1 amide bonds. The first kappa shape index (κ1) is 15.8. The molecule has 0 radical (unpaired) electrons. The molecule has 0 saturated carbocycles. The van der Waals surface area contributed by atoms with Crippen molar-refractivity contribution in [3.63, 3.8) is 0 Å². The number of hydrogen-bond acceptors (Lipinski definition) is 4. The third-order valence-corrected chi connectivity index (χ3v) is 3.85. The highest BCUT2D eigenvalue weighted by Crippen LogP contribution is 2.37. The topological polar surface area (TPSA) is 75.8 Å². The van der Waals surface area contributed by atoms with E-state index in [9.17, 15) is 9.90 Å². The lowest BCUT2D eigenvalue weighted by Crippen LogP contribution is -2.43. The number of carbonyl (C=O) groups excluding carboxylic acids is 1. The van der Waals surface area contributed by atoms with Crippen LogP contribution < -0.4 is 15.4 Å². The first-order chi connectivity index (χ1) is 9.97. The number of benzene rings is 1. The summed E-state index contributed by atoms with van der Waals surface area (Å²) in [4.78, 5) is 13.9. The Bertz CT molecular complexity index is 516. The number of ether oxygens (including phenoxy) is 1. The van der Waals surface area contributed by atoms with E-state index in [0.29, 0.717) is 24.3 Å². The molecular formula is C16H24N2O3. The Morgan fingerprint density at radius 3 is 2.81 bits per heavy atom. The Morgan fingerprint density at radius 2 is 2.24 bits per heavy atom. The van der Waals surface area contributed by atoms with Crippen LogP contribution in [0.5, 0.6) is 5.75 Å². The molecule has 0 saturated heterocycles. The molecule has 1 aromatic rings. The second kappa shape index (κ2) is 6.45. The molecule has 1 aliphatic rings. The van der Waals surface area contributed by atoms with Crippen molar-refractivity contribution in [2.24, 2.45) is 5.73 Å². The second-order valence-corrected chi connectivity index (χ2v) is 5.54. The van der Waals surface area contributed by atoms with Crippen molar-refractivity contribution in [3.05, 3.63) is 23.8 Å². The highest BCUT2D eigenvalue weighted by molar-refractivity contribution is 5.95. The van der Waals surface area contributed by atoms with E-state index in [-0.39, 0.29) is 18.1 Å². The molecule has 5 heteroatoms. The summed E-state index contributed by atoms with van der Waals surface area (Å²) in [6, 6.07) is 5.06. The van der Waals surface area contributed by atoms with Gasteiger partial charge in [-0.25, -0.2) is 0 Å². The number of aliphatic hydroxyl groups is 1. The van der Waals surface area contributed by atoms with Gasteiger partial charge in [0, 0.05) is 12.5 Å². The van der Waals surface area contributed by atoms with Crippen LogP contribution in [-0.4, -0.2) is 29.7 Å². The zero-order valence-electron chi connectivity index (χ0n) is 12.9. The third kappa shape index (κ3) is 3.19. The van der Waals surface area contributed by atoms with Crippen molar-refractivity contribution in [1.29, 1.82) is 0 Å². The monoisotopic (exact) mass is 292 g/mol. The molecule has 1 heterocycles. The molecule has 5 nitrogen and oxygen atoms in total. The second-order valence-electron chi connectivity index (χ2n) is 5.54. The summed E-state index contributed by atoms with van der Waals surface area (Å²) >= 11 is 0. The normalized spacial score (nSPS) is 20.4. The van der Waals surface area contributed by atoms with E-state index in [0.717, 1.165) is 12.1 Å². The van der Waals surface area contributed by atoms with E-state index in [1.807, 2.05) is 26.0 Å². The maximum atomic E-state index is 12.2. The van der Waals surface area contributed by atoms with Crippen molar-refractivity contribution in [1.82, 2.24) is 0 Å². The number of hydrogen-bond donors (Lipinski definition) is 2. The summed E-state index contributed by atoms with van der Waals surface area (Å²) in [6.07, 6.45) is 0.544. The molecule has 1 aliphatic heterocycles. The van der Waals surface area contributed by atoms with Crippen LogP contribution in [-0.2, 0) is 4.79 Å². The predicted molar refractivity (Wildman–Crippen MR) is 82.4 cm³/mol.